The molecule has 2 heterocycles. The molecule has 0 fully saturated rings. The zero-order chi connectivity index (χ0) is 26.3. The van der Waals surface area contributed by atoms with E-state index in [4.69, 9.17) is 9.15 Å². The molecule has 0 spiro atoms. The van der Waals surface area contributed by atoms with Crippen molar-refractivity contribution in [1.29, 1.82) is 0 Å². The van der Waals surface area contributed by atoms with E-state index in [-0.39, 0.29) is 22.4 Å². The molecule has 9 heteroatoms. The van der Waals surface area contributed by atoms with E-state index >= 15 is 0 Å². The Hall–Kier alpha value is -4.24. The Labute approximate surface area is 215 Å². The fourth-order valence-corrected chi connectivity index (χ4v) is 4.97. The first-order chi connectivity index (χ1) is 17.8. The van der Waals surface area contributed by atoms with Gasteiger partial charge >= 0.3 is 5.63 Å². The Kier molecular flexibility index (Phi) is 6.39. The summed E-state index contributed by atoms with van der Waals surface area (Å²) in [6.07, 6.45) is 0. The highest BCUT2D eigenvalue weighted by Crippen LogP contribution is 2.37. The zero-order valence-corrected chi connectivity index (χ0v) is 21.1. The number of rotatable bonds is 6. The number of hydrogen-bond donors (Lipinski definition) is 1. The van der Waals surface area contributed by atoms with Crippen LogP contribution >= 0.6 is 11.8 Å². The van der Waals surface area contributed by atoms with Gasteiger partial charge in [0.25, 0.3) is 5.56 Å². The SMILES string of the molecule is COc1ccc(Cn2c(=O)c3c(O)c(Sc4ccc(F)cc4)c(=O)oc3c3ccc(N(C)C)cc32)cc1. The van der Waals surface area contributed by atoms with Gasteiger partial charge in [-0.05, 0) is 60.2 Å². The molecule has 0 aliphatic carbocycles. The number of benzene rings is 3. The van der Waals surface area contributed by atoms with E-state index in [0.717, 1.165) is 23.0 Å². The lowest BCUT2D eigenvalue weighted by Crippen LogP contribution is -2.23. The molecule has 5 rings (SSSR count). The maximum absolute atomic E-state index is 13.9. The van der Waals surface area contributed by atoms with Crippen LogP contribution in [-0.4, -0.2) is 30.9 Å². The number of ether oxygens (including phenoxy) is 1. The second-order valence-corrected chi connectivity index (χ2v) is 9.75. The fraction of sp³-hybridized carbons (Fsp3) is 0.143. The number of pyridine rings is 1. The Balaban J connectivity index is 1.77. The first-order valence-electron chi connectivity index (χ1n) is 11.4. The van der Waals surface area contributed by atoms with Crippen LogP contribution in [0.5, 0.6) is 11.5 Å². The van der Waals surface area contributed by atoms with Gasteiger partial charge in [-0.25, -0.2) is 9.18 Å². The first-order valence-corrected chi connectivity index (χ1v) is 12.2. The van der Waals surface area contributed by atoms with Crippen molar-refractivity contribution in [2.75, 3.05) is 26.1 Å². The second kappa shape index (κ2) is 9.67. The summed E-state index contributed by atoms with van der Waals surface area (Å²) in [6.45, 7) is 0.213. The molecular weight excluding hydrogens is 495 g/mol. The van der Waals surface area contributed by atoms with Gasteiger partial charge in [0.05, 0.1) is 19.2 Å². The van der Waals surface area contributed by atoms with E-state index in [9.17, 15) is 19.1 Å². The van der Waals surface area contributed by atoms with Crippen LogP contribution in [0.3, 0.4) is 0 Å². The van der Waals surface area contributed by atoms with Crippen molar-refractivity contribution in [1.82, 2.24) is 4.57 Å². The summed E-state index contributed by atoms with van der Waals surface area (Å²) in [5, 5.41) is 11.6. The molecule has 0 radical (unpaired) electrons. The number of hydrogen-bond acceptors (Lipinski definition) is 7. The Morgan fingerprint density at radius 3 is 2.38 bits per heavy atom. The van der Waals surface area contributed by atoms with Crippen LogP contribution in [0.4, 0.5) is 10.1 Å². The number of anilines is 1. The van der Waals surface area contributed by atoms with Crippen LogP contribution in [0.15, 0.2) is 90.5 Å². The Morgan fingerprint density at radius 2 is 1.73 bits per heavy atom. The molecule has 0 bridgehead atoms. The van der Waals surface area contributed by atoms with Crippen LogP contribution in [0.2, 0.25) is 0 Å². The summed E-state index contributed by atoms with van der Waals surface area (Å²) in [5.74, 6) is -0.201. The third-order valence-electron chi connectivity index (χ3n) is 6.08. The van der Waals surface area contributed by atoms with E-state index in [1.54, 1.807) is 17.7 Å². The van der Waals surface area contributed by atoms with Crippen LogP contribution in [0.25, 0.3) is 21.9 Å². The quantitative estimate of drug-likeness (QED) is 0.308. The van der Waals surface area contributed by atoms with Crippen molar-refractivity contribution in [3.05, 3.63) is 98.9 Å². The molecule has 37 heavy (non-hydrogen) atoms. The average Bonchev–Trinajstić information content (AvgIpc) is 2.89. The van der Waals surface area contributed by atoms with Crippen molar-refractivity contribution in [2.24, 2.45) is 0 Å². The standard InChI is InChI=1S/C28H23FN2O5S/c1-30(2)18-8-13-21-22(14-18)31(15-16-4-9-19(35-3)10-5-16)27(33)23-24(32)26(28(34)36-25(21)23)37-20-11-6-17(29)7-12-20/h4-14,32H,15H2,1-3H3. The molecule has 0 aliphatic rings. The minimum atomic E-state index is -0.787. The van der Waals surface area contributed by atoms with E-state index < -0.39 is 22.8 Å². The number of nitrogens with zero attached hydrogens (tertiary/aromatic N) is 2. The molecule has 0 unspecified atom stereocenters. The highest BCUT2D eigenvalue weighted by Gasteiger charge is 2.23. The van der Waals surface area contributed by atoms with Crippen LogP contribution in [-0.2, 0) is 6.54 Å². The highest BCUT2D eigenvalue weighted by atomic mass is 32.2. The fourth-order valence-electron chi connectivity index (χ4n) is 4.13. The summed E-state index contributed by atoms with van der Waals surface area (Å²) < 4.78 is 25.8. The van der Waals surface area contributed by atoms with Gasteiger partial charge < -0.3 is 23.7 Å². The molecule has 7 nitrogen and oxygen atoms in total. The molecule has 188 valence electrons. The van der Waals surface area contributed by atoms with Gasteiger partial charge in [-0.3, -0.25) is 4.79 Å². The van der Waals surface area contributed by atoms with Gasteiger partial charge in [0.1, 0.15) is 21.8 Å². The molecular formula is C28H23FN2O5S. The third-order valence-corrected chi connectivity index (χ3v) is 7.16. The summed E-state index contributed by atoms with van der Waals surface area (Å²) in [4.78, 5) is 29.1. The van der Waals surface area contributed by atoms with Gasteiger partial charge in [-0.15, -0.1) is 0 Å². The van der Waals surface area contributed by atoms with Gasteiger partial charge in [0, 0.05) is 30.1 Å². The van der Waals surface area contributed by atoms with Gasteiger partial charge in [-0.2, -0.15) is 0 Å². The van der Waals surface area contributed by atoms with Crippen molar-refractivity contribution in [3.63, 3.8) is 0 Å². The van der Waals surface area contributed by atoms with Gasteiger partial charge in [0.2, 0.25) is 0 Å². The maximum Gasteiger partial charge on any atom is 0.354 e. The smallest absolute Gasteiger partial charge is 0.354 e. The topological polar surface area (TPSA) is 84.9 Å². The summed E-state index contributed by atoms with van der Waals surface area (Å²) in [5.41, 5.74) is 0.977. The molecule has 2 aromatic heterocycles. The number of halogens is 1. The number of fused-ring (bicyclic) bond motifs is 3. The van der Waals surface area contributed by atoms with E-state index in [2.05, 4.69) is 0 Å². The lowest BCUT2D eigenvalue weighted by molar-refractivity contribution is 0.414. The Bertz CT molecular complexity index is 1740. The predicted octanol–water partition coefficient (Wildman–Crippen LogP) is 5.23. The largest absolute Gasteiger partial charge is 0.505 e. The van der Waals surface area contributed by atoms with Crippen molar-refractivity contribution >= 4 is 39.3 Å². The molecule has 1 N–H and O–H groups in total. The minimum absolute atomic E-state index is 0.0160. The van der Waals surface area contributed by atoms with Crippen LogP contribution in [0, 0.1) is 5.82 Å². The molecule has 5 aromatic rings. The van der Waals surface area contributed by atoms with Gasteiger partial charge in [0.15, 0.2) is 11.3 Å². The number of methoxy groups -OCH3 is 1. The molecule has 0 atom stereocenters. The summed E-state index contributed by atoms with van der Waals surface area (Å²) >= 11 is 0.907. The van der Waals surface area contributed by atoms with E-state index in [1.807, 2.05) is 55.4 Å². The van der Waals surface area contributed by atoms with Crippen molar-refractivity contribution in [3.8, 4) is 11.5 Å². The van der Waals surface area contributed by atoms with Crippen LogP contribution in [0.1, 0.15) is 5.56 Å². The maximum atomic E-state index is 13.9. The molecule has 0 saturated heterocycles. The average molecular weight is 519 g/mol. The molecule has 0 aliphatic heterocycles. The van der Waals surface area contributed by atoms with Crippen molar-refractivity contribution < 1.29 is 18.7 Å². The highest BCUT2D eigenvalue weighted by molar-refractivity contribution is 7.99. The van der Waals surface area contributed by atoms with Crippen LogP contribution < -0.4 is 20.8 Å². The third kappa shape index (κ3) is 4.53. The number of aromatic hydroxyl groups is 1. The molecule has 3 aromatic carbocycles. The Morgan fingerprint density at radius 1 is 1.03 bits per heavy atom. The minimum Gasteiger partial charge on any atom is -0.505 e. The lowest BCUT2D eigenvalue weighted by atomic mass is 10.1. The number of aromatic nitrogens is 1. The van der Waals surface area contributed by atoms with E-state index in [1.165, 1.54) is 24.3 Å². The summed E-state index contributed by atoms with van der Waals surface area (Å²) in [7, 11) is 5.36. The predicted molar refractivity (Wildman–Crippen MR) is 143 cm³/mol. The second-order valence-electron chi connectivity index (χ2n) is 8.66. The summed E-state index contributed by atoms with van der Waals surface area (Å²) in [6, 6.07) is 18.3. The zero-order valence-electron chi connectivity index (χ0n) is 20.3. The monoisotopic (exact) mass is 518 g/mol. The molecule has 0 saturated carbocycles. The van der Waals surface area contributed by atoms with Crippen molar-refractivity contribution in [2.45, 2.75) is 16.3 Å². The van der Waals surface area contributed by atoms with Gasteiger partial charge in [-0.1, -0.05) is 23.9 Å². The molecule has 0 amide bonds. The van der Waals surface area contributed by atoms with E-state index in [0.29, 0.717) is 21.5 Å². The lowest BCUT2D eigenvalue weighted by Gasteiger charge is -2.18. The first kappa shape index (κ1) is 24.5. The normalized spacial score (nSPS) is 11.2.